The molecule has 13 heavy (non-hydrogen) atoms. The van der Waals surface area contributed by atoms with Gasteiger partial charge in [-0.05, 0) is 38.3 Å². The molecular weight excluding hydrogens is 162 g/mol. The Bertz CT molecular complexity index is 148. The van der Waals surface area contributed by atoms with E-state index in [9.17, 15) is 5.11 Å². The lowest BCUT2D eigenvalue weighted by atomic mass is 9.77. The van der Waals surface area contributed by atoms with Crippen LogP contribution in [0.15, 0.2) is 0 Å². The molecule has 0 amide bonds. The quantitative estimate of drug-likeness (QED) is 0.708. The number of rotatable bonds is 2. The van der Waals surface area contributed by atoms with Crippen molar-refractivity contribution in [3.05, 3.63) is 0 Å². The first-order chi connectivity index (χ1) is 6.06. The topological polar surface area (TPSA) is 23.5 Å². The molecule has 0 aromatic rings. The third-order valence-corrected chi connectivity index (χ3v) is 3.40. The number of hydrogen-bond acceptors (Lipinski definition) is 2. The number of aliphatic hydroxyl groups is 1. The highest BCUT2D eigenvalue weighted by Gasteiger charge is 2.34. The van der Waals surface area contributed by atoms with Crippen LogP contribution in [-0.2, 0) is 0 Å². The summed E-state index contributed by atoms with van der Waals surface area (Å²) in [5.41, 5.74) is 0. The first-order valence-corrected chi connectivity index (χ1v) is 5.44. The van der Waals surface area contributed by atoms with Crippen molar-refractivity contribution >= 4 is 0 Å². The van der Waals surface area contributed by atoms with Gasteiger partial charge in [0.2, 0.25) is 0 Å². The molecule has 1 saturated carbocycles. The maximum Gasteiger partial charge on any atom is 0.0700 e. The number of aliphatic hydroxyl groups excluding tert-OH is 1. The van der Waals surface area contributed by atoms with Gasteiger partial charge in [0.1, 0.15) is 0 Å². The van der Waals surface area contributed by atoms with Gasteiger partial charge in [-0.25, -0.2) is 0 Å². The van der Waals surface area contributed by atoms with Gasteiger partial charge in [-0.3, -0.25) is 0 Å². The van der Waals surface area contributed by atoms with Crippen LogP contribution in [0.4, 0.5) is 0 Å². The minimum absolute atomic E-state index is 0.122. The largest absolute Gasteiger partial charge is 0.391 e. The first kappa shape index (κ1) is 11.0. The molecule has 1 fully saturated rings. The molecule has 0 aromatic heterocycles. The molecule has 4 unspecified atom stereocenters. The van der Waals surface area contributed by atoms with E-state index < -0.39 is 0 Å². The van der Waals surface area contributed by atoms with E-state index in [4.69, 9.17) is 0 Å². The fourth-order valence-electron chi connectivity index (χ4n) is 2.74. The molecule has 0 aliphatic heterocycles. The third kappa shape index (κ3) is 2.44. The van der Waals surface area contributed by atoms with E-state index in [2.05, 4.69) is 32.7 Å². The van der Waals surface area contributed by atoms with Crippen LogP contribution in [0.25, 0.3) is 0 Å². The zero-order valence-electron chi connectivity index (χ0n) is 9.33. The molecule has 1 aliphatic carbocycles. The Morgan fingerprint density at radius 1 is 1.31 bits per heavy atom. The van der Waals surface area contributed by atoms with E-state index >= 15 is 0 Å². The van der Waals surface area contributed by atoms with Gasteiger partial charge in [0, 0.05) is 6.04 Å². The van der Waals surface area contributed by atoms with Crippen molar-refractivity contribution in [3.63, 3.8) is 0 Å². The molecule has 0 heterocycles. The van der Waals surface area contributed by atoms with Crippen molar-refractivity contribution in [2.45, 2.75) is 45.8 Å². The summed E-state index contributed by atoms with van der Waals surface area (Å²) in [6.07, 6.45) is 2.11. The molecule has 4 atom stereocenters. The van der Waals surface area contributed by atoms with E-state index in [1.165, 1.54) is 6.42 Å². The standard InChI is InChI=1S/C11H23NO/c1-5-12(4)11-9(3)6-8(2)7-10(11)13/h8-11,13H,5-7H2,1-4H3. The minimum atomic E-state index is -0.122. The van der Waals surface area contributed by atoms with Crippen LogP contribution in [0.2, 0.25) is 0 Å². The van der Waals surface area contributed by atoms with Crippen molar-refractivity contribution < 1.29 is 5.11 Å². The van der Waals surface area contributed by atoms with Crippen molar-refractivity contribution in [2.75, 3.05) is 13.6 Å². The number of hydrogen-bond donors (Lipinski definition) is 1. The summed E-state index contributed by atoms with van der Waals surface area (Å²) in [4.78, 5) is 2.28. The SMILES string of the molecule is CCN(C)C1C(C)CC(C)CC1O. The van der Waals surface area contributed by atoms with Crippen molar-refractivity contribution in [1.29, 1.82) is 0 Å². The Morgan fingerprint density at radius 2 is 1.92 bits per heavy atom. The van der Waals surface area contributed by atoms with E-state index in [1.54, 1.807) is 0 Å². The van der Waals surface area contributed by atoms with Crippen LogP contribution in [0, 0.1) is 11.8 Å². The highest BCUT2D eigenvalue weighted by molar-refractivity contribution is 4.88. The fraction of sp³-hybridized carbons (Fsp3) is 1.00. The van der Waals surface area contributed by atoms with Crippen LogP contribution in [-0.4, -0.2) is 35.7 Å². The third-order valence-electron chi connectivity index (χ3n) is 3.40. The lowest BCUT2D eigenvalue weighted by molar-refractivity contribution is -0.0120. The first-order valence-electron chi connectivity index (χ1n) is 5.44. The molecule has 1 rings (SSSR count). The fourth-order valence-corrected chi connectivity index (χ4v) is 2.74. The monoisotopic (exact) mass is 185 g/mol. The Balaban J connectivity index is 2.61. The molecule has 0 bridgehead atoms. The van der Waals surface area contributed by atoms with Gasteiger partial charge in [0.05, 0.1) is 6.10 Å². The van der Waals surface area contributed by atoms with E-state index in [1.807, 2.05) is 0 Å². The number of likely N-dealkylation sites (N-methyl/N-ethyl adjacent to an activating group) is 1. The molecule has 1 aliphatic rings. The van der Waals surface area contributed by atoms with Gasteiger partial charge in [-0.15, -0.1) is 0 Å². The summed E-state index contributed by atoms with van der Waals surface area (Å²) in [6.45, 7) is 7.68. The maximum atomic E-state index is 9.97. The molecule has 0 aromatic carbocycles. The highest BCUT2D eigenvalue weighted by Crippen LogP contribution is 2.31. The molecule has 0 spiro atoms. The average molecular weight is 185 g/mol. The van der Waals surface area contributed by atoms with E-state index in [-0.39, 0.29) is 6.10 Å². The zero-order valence-corrected chi connectivity index (χ0v) is 9.33. The van der Waals surface area contributed by atoms with Gasteiger partial charge < -0.3 is 10.0 Å². The Labute approximate surface area is 81.9 Å². The molecule has 2 nitrogen and oxygen atoms in total. The lowest BCUT2D eigenvalue weighted by Crippen LogP contribution is -2.49. The molecule has 2 heteroatoms. The van der Waals surface area contributed by atoms with E-state index in [0.717, 1.165) is 13.0 Å². The molecule has 1 N–H and O–H groups in total. The predicted molar refractivity (Wildman–Crippen MR) is 55.7 cm³/mol. The van der Waals surface area contributed by atoms with Crippen LogP contribution < -0.4 is 0 Å². The molecular formula is C11H23NO. The molecule has 78 valence electrons. The highest BCUT2D eigenvalue weighted by atomic mass is 16.3. The summed E-state index contributed by atoms with van der Waals surface area (Å²) in [6, 6.07) is 0.376. The second-order valence-corrected chi connectivity index (χ2v) is 4.69. The minimum Gasteiger partial charge on any atom is -0.391 e. The normalized spacial score (nSPS) is 41.1. The van der Waals surface area contributed by atoms with Crippen LogP contribution in [0.5, 0.6) is 0 Å². The Morgan fingerprint density at radius 3 is 2.38 bits per heavy atom. The smallest absolute Gasteiger partial charge is 0.0700 e. The average Bonchev–Trinajstić information content (AvgIpc) is 2.02. The molecule has 0 saturated heterocycles. The van der Waals surface area contributed by atoms with E-state index in [0.29, 0.717) is 17.9 Å². The van der Waals surface area contributed by atoms with Gasteiger partial charge in [-0.1, -0.05) is 20.8 Å². The molecule has 0 radical (unpaired) electrons. The second kappa shape index (κ2) is 4.43. The summed E-state index contributed by atoms with van der Waals surface area (Å²) in [7, 11) is 2.11. The Hall–Kier alpha value is -0.0800. The van der Waals surface area contributed by atoms with Crippen molar-refractivity contribution in [2.24, 2.45) is 11.8 Å². The van der Waals surface area contributed by atoms with Gasteiger partial charge in [0.15, 0.2) is 0 Å². The van der Waals surface area contributed by atoms with Gasteiger partial charge >= 0.3 is 0 Å². The van der Waals surface area contributed by atoms with Crippen LogP contribution in [0.1, 0.15) is 33.6 Å². The van der Waals surface area contributed by atoms with Gasteiger partial charge in [0.25, 0.3) is 0 Å². The lowest BCUT2D eigenvalue weighted by Gasteiger charge is -2.41. The predicted octanol–water partition coefficient (Wildman–Crippen LogP) is 1.73. The Kier molecular flexibility index (Phi) is 3.74. The van der Waals surface area contributed by atoms with Crippen molar-refractivity contribution in [1.82, 2.24) is 4.90 Å². The zero-order chi connectivity index (χ0) is 10.0. The summed E-state index contributed by atoms with van der Waals surface area (Å²) in [5, 5.41) is 9.97. The number of nitrogens with zero attached hydrogens (tertiary/aromatic N) is 1. The van der Waals surface area contributed by atoms with Crippen LogP contribution >= 0.6 is 0 Å². The van der Waals surface area contributed by atoms with Gasteiger partial charge in [-0.2, -0.15) is 0 Å². The summed E-state index contributed by atoms with van der Waals surface area (Å²) < 4.78 is 0. The van der Waals surface area contributed by atoms with Crippen LogP contribution in [0.3, 0.4) is 0 Å². The second-order valence-electron chi connectivity index (χ2n) is 4.69. The summed E-state index contributed by atoms with van der Waals surface area (Å²) >= 11 is 0. The summed E-state index contributed by atoms with van der Waals surface area (Å²) in [5.74, 6) is 1.32. The maximum absolute atomic E-state index is 9.97. The van der Waals surface area contributed by atoms with Crippen molar-refractivity contribution in [3.8, 4) is 0 Å².